The highest BCUT2D eigenvalue weighted by atomic mass is 35.5. The van der Waals surface area contributed by atoms with Crippen LogP contribution in [0, 0.1) is 0 Å². The summed E-state index contributed by atoms with van der Waals surface area (Å²) in [6.45, 7) is 0.573. The normalized spacial score (nSPS) is 30.3. The summed E-state index contributed by atoms with van der Waals surface area (Å²) >= 11 is 6.18. The molecule has 1 aliphatic carbocycles. The van der Waals surface area contributed by atoms with Crippen molar-refractivity contribution < 1.29 is 5.11 Å². The van der Waals surface area contributed by atoms with Crippen molar-refractivity contribution >= 4 is 11.6 Å². The number of hydrogen-bond donors (Lipinski definition) is 2. The Hall–Kier alpha value is -0.640. The Labute approximate surface area is 101 Å². The summed E-state index contributed by atoms with van der Waals surface area (Å²) in [5.41, 5.74) is 6.94. The van der Waals surface area contributed by atoms with Crippen molar-refractivity contribution in [2.75, 3.05) is 6.54 Å². The number of hydrogen-bond acceptors (Lipinski definition) is 3. The van der Waals surface area contributed by atoms with E-state index in [0.717, 1.165) is 31.2 Å². The zero-order valence-electron chi connectivity index (χ0n) is 9.19. The van der Waals surface area contributed by atoms with E-state index in [1.807, 2.05) is 6.07 Å². The molecule has 0 radical (unpaired) electrons. The van der Waals surface area contributed by atoms with Crippen molar-refractivity contribution in [3.05, 3.63) is 29.0 Å². The Balaban J connectivity index is 2.32. The van der Waals surface area contributed by atoms with E-state index in [4.69, 9.17) is 17.3 Å². The maximum absolute atomic E-state index is 9.57. The zero-order chi connectivity index (χ0) is 11.6. The highest BCUT2D eigenvalue weighted by Crippen LogP contribution is 2.41. The quantitative estimate of drug-likeness (QED) is 0.830. The molecule has 3 nitrogen and oxygen atoms in total. The van der Waals surface area contributed by atoms with Gasteiger partial charge in [-0.15, -0.1) is 0 Å². The molecule has 0 aliphatic heterocycles. The van der Waals surface area contributed by atoms with E-state index in [9.17, 15) is 5.11 Å². The highest BCUT2D eigenvalue weighted by Gasteiger charge is 2.36. The largest absolute Gasteiger partial charge is 0.393 e. The number of rotatable bonds is 2. The van der Waals surface area contributed by atoms with Crippen LogP contribution >= 0.6 is 11.6 Å². The van der Waals surface area contributed by atoms with Gasteiger partial charge in [0.2, 0.25) is 0 Å². The number of nitrogens with two attached hydrogens (primary N) is 1. The lowest BCUT2D eigenvalue weighted by molar-refractivity contribution is 0.0974. The summed E-state index contributed by atoms with van der Waals surface area (Å²) < 4.78 is 0. The van der Waals surface area contributed by atoms with Crippen LogP contribution in [0.4, 0.5) is 0 Å². The fraction of sp³-hybridized carbons (Fsp3) is 0.583. The van der Waals surface area contributed by atoms with E-state index in [0.29, 0.717) is 11.6 Å². The third-order valence-corrected chi connectivity index (χ3v) is 3.95. The Kier molecular flexibility index (Phi) is 3.47. The molecule has 0 amide bonds. The molecular weight excluding hydrogens is 224 g/mol. The van der Waals surface area contributed by atoms with Crippen LogP contribution in [-0.2, 0) is 5.41 Å². The first-order valence-electron chi connectivity index (χ1n) is 5.66. The molecule has 2 rings (SSSR count). The second-order valence-corrected chi connectivity index (χ2v) is 4.98. The summed E-state index contributed by atoms with van der Waals surface area (Å²) in [7, 11) is 0. The van der Waals surface area contributed by atoms with Gasteiger partial charge in [-0.25, -0.2) is 0 Å². The molecule has 3 N–H and O–H groups in total. The second kappa shape index (κ2) is 4.70. The van der Waals surface area contributed by atoms with Crippen molar-refractivity contribution in [1.29, 1.82) is 0 Å². The molecule has 0 bridgehead atoms. The van der Waals surface area contributed by atoms with E-state index in [1.165, 1.54) is 0 Å². The first-order chi connectivity index (χ1) is 7.68. The van der Waals surface area contributed by atoms with Gasteiger partial charge in [-0.05, 0) is 37.3 Å². The van der Waals surface area contributed by atoms with Crippen LogP contribution in [-0.4, -0.2) is 22.7 Å². The SMILES string of the molecule is NCC1(c2ccncc2Cl)CCC(O)CC1. The lowest BCUT2D eigenvalue weighted by Gasteiger charge is -2.38. The summed E-state index contributed by atoms with van der Waals surface area (Å²) in [4.78, 5) is 4.00. The van der Waals surface area contributed by atoms with E-state index in [1.54, 1.807) is 12.4 Å². The van der Waals surface area contributed by atoms with Crippen molar-refractivity contribution in [2.24, 2.45) is 5.73 Å². The number of aliphatic hydroxyl groups excluding tert-OH is 1. The van der Waals surface area contributed by atoms with Crippen molar-refractivity contribution in [1.82, 2.24) is 4.98 Å². The third-order valence-electron chi connectivity index (χ3n) is 3.65. The summed E-state index contributed by atoms with van der Waals surface area (Å²) in [5.74, 6) is 0. The van der Waals surface area contributed by atoms with E-state index < -0.39 is 0 Å². The maximum atomic E-state index is 9.57. The van der Waals surface area contributed by atoms with Crippen molar-refractivity contribution in [3.63, 3.8) is 0 Å². The first-order valence-corrected chi connectivity index (χ1v) is 6.04. The molecule has 88 valence electrons. The minimum atomic E-state index is -0.180. The minimum Gasteiger partial charge on any atom is -0.393 e. The molecule has 0 saturated heterocycles. The van der Waals surface area contributed by atoms with Crippen LogP contribution < -0.4 is 5.73 Å². The van der Waals surface area contributed by atoms with Gasteiger partial charge in [-0.1, -0.05) is 11.6 Å². The molecule has 0 unspecified atom stereocenters. The molecular formula is C12H17ClN2O. The lowest BCUT2D eigenvalue weighted by Crippen LogP contribution is -2.40. The average molecular weight is 241 g/mol. The van der Waals surface area contributed by atoms with Gasteiger partial charge in [0.1, 0.15) is 0 Å². The maximum Gasteiger partial charge on any atom is 0.0627 e. The van der Waals surface area contributed by atoms with Crippen LogP contribution in [0.25, 0.3) is 0 Å². The van der Waals surface area contributed by atoms with E-state index in [2.05, 4.69) is 4.98 Å². The predicted molar refractivity (Wildman–Crippen MR) is 64.5 cm³/mol. The molecule has 1 heterocycles. The topological polar surface area (TPSA) is 59.1 Å². The molecule has 0 spiro atoms. The van der Waals surface area contributed by atoms with Gasteiger partial charge in [0, 0.05) is 24.4 Å². The van der Waals surface area contributed by atoms with Gasteiger partial charge in [0.15, 0.2) is 0 Å². The lowest BCUT2D eigenvalue weighted by atomic mass is 9.69. The van der Waals surface area contributed by atoms with Gasteiger partial charge in [0.25, 0.3) is 0 Å². The van der Waals surface area contributed by atoms with Crippen LogP contribution in [0.3, 0.4) is 0 Å². The summed E-state index contributed by atoms with van der Waals surface area (Å²) in [6, 6.07) is 1.95. The third kappa shape index (κ3) is 2.08. The molecule has 16 heavy (non-hydrogen) atoms. The number of halogens is 1. The van der Waals surface area contributed by atoms with E-state index in [-0.39, 0.29) is 11.5 Å². The zero-order valence-corrected chi connectivity index (χ0v) is 9.95. The molecule has 1 aliphatic rings. The molecule has 4 heteroatoms. The fourth-order valence-electron chi connectivity index (χ4n) is 2.54. The summed E-state index contributed by atoms with van der Waals surface area (Å²) in [5, 5.41) is 10.3. The van der Waals surface area contributed by atoms with Crippen LogP contribution in [0.15, 0.2) is 18.5 Å². The number of pyridine rings is 1. The van der Waals surface area contributed by atoms with Crippen LogP contribution in [0.1, 0.15) is 31.2 Å². The Bertz CT molecular complexity index is 362. The fourth-order valence-corrected chi connectivity index (χ4v) is 2.86. The van der Waals surface area contributed by atoms with Gasteiger partial charge >= 0.3 is 0 Å². The Morgan fingerprint density at radius 2 is 2.19 bits per heavy atom. The second-order valence-electron chi connectivity index (χ2n) is 4.57. The Morgan fingerprint density at radius 1 is 1.50 bits per heavy atom. The molecule has 0 atom stereocenters. The Morgan fingerprint density at radius 3 is 2.75 bits per heavy atom. The van der Waals surface area contributed by atoms with Crippen LogP contribution in [0.5, 0.6) is 0 Å². The summed E-state index contributed by atoms with van der Waals surface area (Å²) in [6.07, 6.45) is 6.64. The first kappa shape index (κ1) is 11.8. The number of aliphatic hydroxyl groups is 1. The van der Waals surface area contributed by atoms with Crippen molar-refractivity contribution in [3.8, 4) is 0 Å². The van der Waals surface area contributed by atoms with E-state index >= 15 is 0 Å². The number of aromatic nitrogens is 1. The molecule has 1 fully saturated rings. The molecule has 1 saturated carbocycles. The standard InChI is InChI=1S/C12H17ClN2O/c13-11-7-15-6-3-10(11)12(8-14)4-1-9(16)2-5-12/h3,6-7,9,16H,1-2,4-5,8,14H2. The van der Waals surface area contributed by atoms with Gasteiger partial charge in [-0.3, -0.25) is 4.98 Å². The smallest absolute Gasteiger partial charge is 0.0627 e. The number of nitrogens with zero attached hydrogens (tertiary/aromatic N) is 1. The van der Waals surface area contributed by atoms with Gasteiger partial charge < -0.3 is 10.8 Å². The van der Waals surface area contributed by atoms with Crippen LogP contribution in [0.2, 0.25) is 5.02 Å². The van der Waals surface area contributed by atoms with Gasteiger partial charge in [-0.2, -0.15) is 0 Å². The predicted octanol–water partition coefficient (Wildman–Crippen LogP) is 1.87. The average Bonchev–Trinajstić information content (AvgIpc) is 2.32. The molecule has 1 aromatic rings. The molecule has 1 aromatic heterocycles. The van der Waals surface area contributed by atoms with Crippen molar-refractivity contribution in [2.45, 2.75) is 37.2 Å². The monoisotopic (exact) mass is 240 g/mol. The minimum absolute atomic E-state index is 0.0702. The molecule has 0 aromatic carbocycles. The van der Waals surface area contributed by atoms with Gasteiger partial charge in [0.05, 0.1) is 11.1 Å². The highest BCUT2D eigenvalue weighted by molar-refractivity contribution is 6.31.